The fraction of sp³-hybridized carbons (Fsp3) is 0.562. The van der Waals surface area contributed by atoms with Gasteiger partial charge < -0.3 is 19.3 Å². The summed E-state index contributed by atoms with van der Waals surface area (Å²) in [6.07, 6.45) is 2.15. The first-order chi connectivity index (χ1) is 10.2. The molecule has 0 N–H and O–H groups in total. The zero-order valence-corrected chi connectivity index (χ0v) is 12.7. The molecule has 1 aromatic carbocycles. The van der Waals surface area contributed by atoms with Crippen LogP contribution in [0.2, 0.25) is 0 Å². The summed E-state index contributed by atoms with van der Waals surface area (Å²) in [5.74, 6) is 2.26. The van der Waals surface area contributed by atoms with Gasteiger partial charge in [0.2, 0.25) is 5.91 Å². The molecule has 1 saturated carbocycles. The Morgan fingerprint density at radius 1 is 1.10 bits per heavy atom. The number of piperazine rings is 1. The minimum atomic E-state index is 0.312. The molecule has 1 heterocycles. The van der Waals surface area contributed by atoms with Crippen LogP contribution in [0.5, 0.6) is 11.5 Å². The van der Waals surface area contributed by atoms with Crippen LogP contribution in [0.1, 0.15) is 12.8 Å². The molecule has 5 heteroatoms. The Bertz CT molecular complexity index is 520. The molecule has 0 spiro atoms. The lowest BCUT2D eigenvalue weighted by molar-refractivity contribution is -0.132. The Morgan fingerprint density at radius 3 is 2.38 bits per heavy atom. The quantitative estimate of drug-likeness (QED) is 0.847. The Hall–Kier alpha value is -1.91. The van der Waals surface area contributed by atoms with Crippen LogP contribution >= 0.6 is 0 Å². The van der Waals surface area contributed by atoms with Crippen molar-refractivity contribution in [3.63, 3.8) is 0 Å². The van der Waals surface area contributed by atoms with E-state index in [2.05, 4.69) is 4.90 Å². The van der Waals surface area contributed by atoms with Crippen LogP contribution in [0, 0.1) is 5.92 Å². The highest BCUT2D eigenvalue weighted by atomic mass is 16.5. The van der Waals surface area contributed by atoms with Crippen LogP contribution < -0.4 is 14.4 Å². The number of anilines is 1. The zero-order chi connectivity index (χ0) is 14.8. The maximum absolute atomic E-state index is 12.1. The number of benzene rings is 1. The largest absolute Gasteiger partial charge is 0.497 e. The summed E-state index contributed by atoms with van der Waals surface area (Å²) in [5, 5.41) is 0. The van der Waals surface area contributed by atoms with E-state index in [0.29, 0.717) is 11.8 Å². The van der Waals surface area contributed by atoms with E-state index in [1.807, 2.05) is 23.1 Å². The molecule has 0 atom stereocenters. The first-order valence-electron chi connectivity index (χ1n) is 7.48. The van der Waals surface area contributed by atoms with Crippen molar-refractivity contribution in [3.05, 3.63) is 18.2 Å². The van der Waals surface area contributed by atoms with E-state index < -0.39 is 0 Å². The van der Waals surface area contributed by atoms with Gasteiger partial charge in [0.15, 0.2) is 0 Å². The number of amides is 1. The van der Waals surface area contributed by atoms with E-state index in [1.54, 1.807) is 14.2 Å². The Morgan fingerprint density at radius 2 is 1.81 bits per heavy atom. The topological polar surface area (TPSA) is 42.0 Å². The molecule has 0 aromatic heterocycles. The predicted octanol–water partition coefficient (Wildman–Crippen LogP) is 1.76. The molecule has 1 saturated heterocycles. The molecule has 2 fully saturated rings. The number of methoxy groups -OCH3 is 2. The molecule has 2 aliphatic rings. The Kier molecular flexibility index (Phi) is 3.90. The molecule has 1 amide bonds. The summed E-state index contributed by atoms with van der Waals surface area (Å²) in [5.41, 5.74) is 1.07. The molecule has 3 rings (SSSR count). The zero-order valence-electron chi connectivity index (χ0n) is 12.7. The SMILES string of the molecule is COc1ccc(N2CCN(C(=O)C3CC3)CC2)c(OC)c1. The van der Waals surface area contributed by atoms with Crippen LogP contribution in [0.25, 0.3) is 0 Å². The Balaban J connectivity index is 1.67. The van der Waals surface area contributed by atoms with Gasteiger partial charge in [-0.15, -0.1) is 0 Å². The van der Waals surface area contributed by atoms with Crippen LogP contribution in [-0.2, 0) is 4.79 Å². The number of nitrogens with zero attached hydrogens (tertiary/aromatic N) is 2. The standard InChI is InChI=1S/C16H22N2O3/c1-20-13-5-6-14(15(11-13)21-2)17-7-9-18(10-8-17)16(19)12-3-4-12/h5-6,11-12H,3-4,7-10H2,1-2H3. The summed E-state index contributed by atoms with van der Waals surface area (Å²) in [4.78, 5) is 16.4. The second-order valence-corrected chi connectivity index (χ2v) is 5.62. The number of rotatable bonds is 4. The van der Waals surface area contributed by atoms with Crippen molar-refractivity contribution in [3.8, 4) is 11.5 Å². The van der Waals surface area contributed by atoms with Crippen molar-refractivity contribution in [2.75, 3.05) is 45.3 Å². The monoisotopic (exact) mass is 290 g/mol. The third kappa shape index (κ3) is 2.91. The molecule has 1 aliphatic carbocycles. The summed E-state index contributed by atoms with van der Waals surface area (Å²) in [7, 11) is 3.32. The highest BCUT2D eigenvalue weighted by molar-refractivity contribution is 5.81. The minimum Gasteiger partial charge on any atom is -0.497 e. The van der Waals surface area contributed by atoms with E-state index in [0.717, 1.165) is 56.2 Å². The maximum atomic E-state index is 12.1. The summed E-state index contributed by atoms with van der Waals surface area (Å²) in [6, 6.07) is 5.87. The van der Waals surface area contributed by atoms with Crippen molar-refractivity contribution in [2.24, 2.45) is 5.92 Å². The third-order valence-corrected chi connectivity index (χ3v) is 4.25. The lowest BCUT2D eigenvalue weighted by Gasteiger charge is -2.36. The molecule has 1 aromatic rings. The van der Waals surface area contributed by atoms with Gasteiger partial charge in [-0.25, -0.2) is 0 Å². The van der Waals surface area contributed by atoms with Crippen molar-refractivity contribution >= 4 is 11.6 Å². The molecular weight excluding hydrogens is 268 g/mol. The summed E-state index contributed by atoms with van der Waals surface area (Å²) in [6.45, 7) is 3.29. The molecule has 0 bridgehead atoms. The summed E-state index contributed by atoms with van der Waals surface area (Å²) < 4.78 is 10.7. The fourth-order valence-corrected chi connectivity index (χ4v) is 2.80. The number of hydrogen-bond acceptors (Lipinski definition) is 4. The van der Waals surface area contributed by atoms with Crippen LogP contribution in [0.3, 0.4) is 0 Å². The van der Waals surface area contributed by atoms with Gasteiger partial charge in [0, 0.05) is 38.2 Å². The molecule has 1 aliphatic heterocycles. The predicted molar refractivity (Wildman–Crippen MR) is 81.1 cm³/mol. The minimum absolute atomic E-state index is 0.312. The highest BCUT2D eigenvalue weighted by Gasteiger charge is 2.34. The molecule has 0 unspecified atom stereocenters. The van der Waals surface area contributed by atoms with Crippen molar-refractivity contribution < 1.29 is 14.3 Å². The molecule has 0 radical (unpaired) electrons. The molecule has 21 heavy (non-hydrogen) atoms. The average Bonchev–Trinajstić information content (AvgIpc) is 3.38. The van der Waals surface area contributed by atoms with E-state index >= 15 is 0 Å². The first kappa shape index (κ1) is 14.0. The van der Waals surface area contributed by atoms with Crippen molar-refractivity contribution in [2.45, 2.75) is 12.8 Å². The highest BCUT2D eigenvalue weighted by Crippen LogP contribution is 2.34. The van der Waals surface area contributed by atoms with Gasteiger partial charge in [0.1, 0.15) is 11.5 Å². The van der Waals surface area contributed by atoms with Crippen LogP contribution in [0.15, 0.2) is 18.2 Å². The van der Waals surface area contributed by atoms with Crippen molar-refractivity contribution in [1.82, 2.24) is 4.90 Å². The molecule has 5 nitrogen and oxygen atoms in total. The van der Waals surface area contributed by atoms with E-state index in [4.69, 9.17) is 9.47 Å². The first-order valence-corrected chi connectivity index (χ1v) is 7.48. The van der Waals surface area contributed by atoms with Gasteiger partial charge in [-0.05, 0) is 25.0 Å². The third-order valence-electron chi connectivity index (χ3n) is 4.25. The summed E-state index contributed by atoms with van der Waals surface area (Å²) >= 11 is 0. The normalized spacial score (nSPS) is 18.6. The van der Waals surface area contributed by atoms with Gasteiger partial charge in [-0.1, -0.05) is 0 Å². The Labute approximate surface area is 125 Å². The lowest BCUT2D eigenvalue weighted by atomic mass is 10.2. The maximum Gasteiger partial charge on any atom is 0.225 e. The number of hydrogen-bond donors (Lipinski definition) is 0. The number of carbonyl (C=O) groups excluding carboxylic acids is 1. The van der Waals surface area contributed by atoms with Gasteiger partial charge in [-0.2, -0.15) is 0 Å². The second-order valence-electron chi connectivity index (χ2n) is 5.62. The van der Waals surface area contributed by atoms with Gasteiger partial charge >= 0.3 is 0 Å². The average molecular weight is 290 g/mol. The van der Waals surface area contributed by atoms with E-state index in [-0.39, 0.29) is 0 Å². The van der Waals surface area contributed by atoms with E-state index in [9.17, 15) is 4.79 Å². The number of carbonyl (C=O) groups is 1. The van der Waals surface area contributed by atoms with Gasteiger partial charge in [0.25, 0.3) is 0 Å². The fourth-order valence-electron chi connectivity index (χ4n) is 2.80. The smallest absolute Gasteiger partial charge is 0.225 e. The van der Waals surface area contributed by atoms with Gasteiger partial charge in [0.05, 0.1) is 19.9 Å². The lowest BCUT2D eigenvalue weighted by Crippen LogP contribution is -2.49. The van der Waals surface area contributed by atoms with Crippen LogP contribution in [-0.4, -0.2) is 51.2 Å². The van der Waals surface area contributed by atoms with Crippen LogP contribution in [0.4, 0.5) is 5.69 Å². The van der Waals surface area contributed by atoms with E-state index in [1.165, 1.54) is 0 Å². The van der Waals surface area contributed by atoms with Crippen molar-refractivity contribution in [1.29, 1.82) is 0 Å². The second kappa shape index (κ2) is 5.84. The number of ether oxygens (including phenoxy) is 2. The molecule has 114 valence electrons. The molecular formula is C16H22N2O3. The van der Waals surface area contributed by atoms with Gasteiger partial charge in [-0.3, -0.25) is 4.79 Å².